The number of fused-ring (bicyclic) bond motifs is 1. The maximum absolute atomic E-state index is 13.7. The molecule has 0 radical (unpaired) electrons. The number of aliphatic hydroxyl groups excluding tert-OH is 1. The SMILES string of the molecule is CC1OC(c2ccc3c(c2O)C(=O)C24OC2(CC(CC(=O)O)OC4C)C3=O)CC(N(C)C)C1O. The lowest BCUT2D eigenvalue weighted by atomic mass is 9.67. The van der Waals surface area contributed by atoms with Gasteiger partial charge in [-0.2, -0.15) is 0 Å². The van der Waals surface area contributed by atoms with Crippen molar-refractivity contribution in [2.75, 3.05) is 14.1 Å². The molecule has 34 heavy (non-hydrogen) atoms. The molecule has 10 nitrogen and oxygen atoms in total. The number of carbonyl (C=O) groups is 3. The monoisotopic (exact) mass is 475 g/mol. The molecule has 0 amide bonds. The number of epoxide rings is 1. The van der Waals surface area contributed by atoms with Crippen molar-refractivity contribution in [3.63, 3.8) is 0 Å². The maximum Gasteiger partial charge on any atom is 0.305 e. The van der Waals surface area contributed by atoms with Gasteiger partial charge >= 0.3 is 5.97 Å². The molecule has 0 aromatic heterocycles. The molecule has 184 valence electrons. The molecule has 1 aromatic carbocycles. The Morgan fingerprint density at radius 2 is 1.88 bits per heavy atom. The first-order valence-electron chi connectivity index (χ1n) is 11.5. The summed E-state index contributed by atoms with van der Waals surface area (Å²) in [6.45, 7) is 3.33. The van der Waals surface area contributed by atoms with Crippen molar-refractivity contribution in [3.8, 4) is 5.75 Å². The summed E-state index contributed by atoms with van der Waals surface area (Å²) < 4.78 is 17.6. The van der Waals surface area contributed by atoms with E-state index in [1.54, 1.807) is 19.9 Å². The van der Waals surface area contributed by atoms with Crippen LogP contribution in [0.1, 0.15) is 65.5 Å². The van der Waals surface area contributed by atoms with Crippen molar-refractivity contribution in [2.24, 2.45) is 0 Å². The number of ketones is 2. The van der Waals surface area contributed by atoms with Crippen LogP contribution in [-0.4, -0.2) is 93.5 Å². The first-order chi connectivity index (χ1) is 15.9. The van der Waals surface area contributed by atoms with Crippen LogP contribution in [0.25, 0.3) is 0 Å². The lowest BCUT2D eigenvalue weighted by Crippen LogP contribution is -2.57. The van der Waals surface area contributed by atoms with E-state index in [1.807, 2.05) is 19.0 Å². The van der Waals surface area contributed by atoms with Gasteiger partial charge in [0.1, 0.15) is 5.75 Å². The third-order valence-electron chi connectivity index (χ3n) is 7.88. The number of benzene rings is 1. The molecule has 5 rings (SSSR count). The molecule has 4 aliphatic rings. The summed E-state index contributed by atoms with van der Waals surface area (Å²) in [5.41, 5.74) is -2.75. The number of carbonyl (C=O) groups excluding carboxylic acids is 2. The highest BCUT2D eigenvalue weighted by Crippen LogP contribution is 2.64. The standard InChI is InChI=1S/C24H29NO9/c1-10-19(28)15(25(3)4)8-16(32-10)13-5-6-14-18(20(13)29)22(31)24-11(2)33-12(7-17(26)27)9-23(24,34-24)21(14)30/h5-6,10-12,15-16,19,28-29H,7-9H2,1-4H3,(H,26,27). The van der Waals surface area contributed by atoms with Crippen molar-refractivity contribution >= 4 is 17.5 Å². The summed E-state index contributed by atoms with van der Waals surface area (Å²) >= 11 is 0. The zero-order chi connectivity index (χ0) is 24.7. The Labute approximate surface area is 196 Å². The summed E-state index contributed by atoms with van der Waals surface area (Å²) in [6, 6.07) is 2.85. The maximum atomic E-state index is 13.7. The lowest BCUT2D eigenvalue weighted by Gasteiger charge is -2.41. The Bertz CT molecular complexity index is 1090. The van der Waals surface area contributed by atoms with Crippen LogP contribution in [0.3, 0.4) is 0 Å². The largest absolute Gasteiger partial charge is 0.507 e. The molecule has 10 heteroatoms. The predicted molar refractivity (Wildman–Crippen MR) is 116 cm³/mol. The second-order valence-corrected chi connectivity index (χ2v) is 10.0. The van der Waals surface area contributed by atoms with Gasteiger partial charge in [-0.05, 0) is 40.4 Å². The fourth-order valence-corrected chi connectivity index (χ4v) is 6.12. The summed E-state index contributed by atoms with van der Waals surface area (Å²) in [5, 5.41) is 30.9. The Hall–Kier alpha value is -2.37. The van der Waals surface area contributed by atoms with Gasteiger partial charge in [-0.3, -0.25) is 14.4 Å². The van der Waals surface area contributed by atoms with E-state index >= 15 is 0 Å². The highest BCUT2D eigenvalue weighted by atomic mass is 16.7. The van der Waals surface area contributed by atoms with Crippen LogP contribution in [0.5, 0.6) is 5.75 Å². The van der Waals surface area contributed by atoms with E-state index in [0.29, 0.717) is 12.0 Å². The molecule has 3 saturated heterocycles. The Morgan fingerprint density at radius 1 is 1.18 bits per heavy atom. The molecule has 1 aromatic rings. The number of carboxylic acid groups (broad SMARTS) is 1. The summed E-state index contributed by atoms with van der Waals surface area (Å²) in [7, 11) is 3.70. The first-order valence-corrected chi connectivity index (χ1v) is 11.5. The van der Waals surface area contributed by atoms with E-state index in [4.69, 9.17) is 19.3 Å². The predicted octanol–water partition coefficient (Wildman–Crippen LogP) is 1.07. The number of ether oxygens (including phenoxy) is 3. The van der Waals surface area contributed by atoms with E-state index in [2.05, 4.69) is 0 Å². The van der Waals surface area contributed by atoms with E-state index < -0.39 is 59.3 Å². The number of hydrogen-bond acceptors (Lipinski definition) is 9. The van der Waals surface area contributed by atoms with Gasteiger partial charge in [-0.1, -0.05) is 6.07 Å². The number of phenolic OH excluding ortho intramolecular Hbond substituents is 1. The van der Waals surface area contributed by atoms with Crippen LogP contribution in [0.2, 0.25) is 0 Å². The Morgan fingerprint density at radius 3 is 2.53 bits per heavy atom. The number of Topliss-reactive ketones (excluding diaryl/α,β-unsaturated/α-hetero) is 2. The molecule has 3 fully saturated rings. The van der Waals surface area contributed by atoms with Gasteiger partial charge in [-0.15, -0.1) is 0 Å². The molecule has 3 N–H and O–H groups in total. The minimum absolute atomic E-state index is 0.0399. The van der Waals surface area contributed by atoms with Gasteiger partial charge in [0.05, 0.1) is 42.5 Å². The highest BCUT2D eigenvalue weighted by Gasteiger charge is 2.85. The van der Waals surface area contributed by atoms with Crippen LogP contribution in [0.4, 0.5) is 0 Å². The van der Waals surface area contributed by atoms with Crippen LogP contribution in [0.15, 0.2) is 12.1 Å². The minimum Gasteiger partial charge on any atom is -0.507 e. The average Bonchev–Trinajstić information content (AvgIpc) is 3.46. The van der Waals surface area contributed by atoms with Gasteiger partial charge in [-0.25, -0.2) is 0 Å². The van der Waals surface area contributed by atoms with E-state index in [1.165, 1.54) is 6.07 Å². The summed E-state index contributed by atoms with van der Waals surface area (Å²) in [5.74, 6) is -2.40. The average molecular weight is 475 g/mol. The minimum atomic E-state index is -1.58. The van der Waals surface area contributed by atoms with Gasteiger partial charge < -0.3 is 34.4 Å². The van der Waals surface area contributed by atoms with Gasteiger partial charge in [0.15, 0.2) is 17.0 Å². The Kier molecular flexibility index (Phi) is 5.20. The third-order valence-corrected chi connectivity index (χ3v) is 7.88. The number of rotatable bonds is 4. The van der Waals surface area contributed by atoms with Crippen molar-refractivity contribution in [3.05, 3.63) is 28.8 Å². The van der Waals surface area contributed by atoms with E-state index in [9.17, 15) is 24.6 Å². The molecule has 8 unspecified atom stereocenters. The molecular formula is C24H29NO9. The topological polar surface area (TPSA) is 146 Å². The van der Waals surface area contributed by atoms with Crippen molar-refractivity contribution in [1.82, 2.24) is 4.90 Å². The fraction of sp³-hybridized carbons (Fsp3) is 0.625. The molecule has 8 atom stereocenters. The van der Waals surface area contributed by atoms with Crippen molar-refractivity contribution in [2.45, 2.75) is 80.9 Å². The van der Waals surface area contributed by atoms with Gasteiger partial charge in [0.25, 0.3) is 0 Å². The number of aromatic hydroxyl groups is 1. The molecule has 0 spiro atoms. The summed E-state index contributed by atoms with van der Waals surface area (Å²) in [4.78, 5) is 40.4. The fourth-order valence-electron chi connectivity index (χ4n) is 6.12. The number of likely N-dealkylation sites (N-methyl/N-ethyl adjacent to an activating group) is 1. The molecular weight excluding hydrogens is 446 g/mol. The number of phenols is 1. The molecule has 0 bridgehead atoms. The third kappa shape index (κ3) is 2.96. The number of hydrogen-bond donors (Lipinski definition) is 3. The van der Waals surface area contributed by atoms with Crippen LogP contribution in [0, 0.1) is 0 Å². The first kappa shape index (κ1) is 23.4. The number of carboxylic acids is 1. The molecule has 3 heterocycles. The normalized spacial score (nSPS) is 41.0. The lowest BCUT2D eigenvalue weighted by molar-refractivity contribution is -0.143. The van der Waals surface area contributed by atoms with Gasteiger partial charge in [0, 0.05) is 23.6 Å². The highest BCUT2D eigenvalue weighted by molar-refractivity contribution is 6.26. The Balaban J connectivity index is 1.53. The van der Waals surface area contributed by atoms with E-state index in [0.717, 1.165) is 0 Å². The van der Waals surface area contributed by atoms with Crippen LogP contribution < -0.4 is 0 Å². The zero-order valence-corrected chi connectivity index (χ0v) is 19.5. The smallest absolute Gasteiger partial charge is 0.305 e. The van der Waals surface area contributed by atoms with Gasteiger partial charge in [0.2, 0.25) is 5.78 Å². The number of aliphatic hydroxyl groups is 1. The second kappa shape index (κ2) is 7.56. The summed E-state index contributed by atoms with van der Waals surface area (Å²) in [6.07, 6.45) is -3.40. The zero-order valence-electron chi connectivity index (χ0n) is 19.5. The molecule has 1 aliphatic carbocycles. The van der Waals surface area contributed by atoms with Crippen LogP contribution >= 0.6 is 0 Å². The van der Waals surface area contributed by atoms with Crippen molar-refractivity contribution in [1.29, 1.82) is 0 Å². The molecule has 0 saturated carbocycles. The number of nitrogens with zero attached hydrogens (tertiary/aromatic N) is 1. The quantitative estimate of drug-likeness (QED) is 0.541. The molecule has 3 aliphatic heterocycles. The van der Waals surface area contributed by atoms with Crippen LogP contribution in [-0.2, 0) is 19.0 Å². The number of aliphatic carboxylic acids is 1. The van der Waals surface area contributed by atoms with Crippen molar-refractivity contribution < 1.29 is 43.9 Å². The van der Waals surface area contributed by atoms with E-state index in [-0.39, 0.29) is 35.8 Å². The second-order valence-electron chi connectivity index (χ2n) is 10.0.